The third kappa shape index (κ3) is 3.40. The molecule has 1 amide bonds. The predicted molar refractivity (Wildman–Crippen MR) is 98.8 cm³/mol. The number of ether oxygens (including phenoxy) is 1. The van der Waals surface area contributed by atoms with Gasteiger partial charge >= 0.3 is 6.09 Å². The zero-order valence-corrected chi connectivity index (χ0v) is 14.8. The maximum Gasteiger partial charge on any atom is 0.407 e. The molecule has 0 saturated heterocycles. The minimum Gasteiger partial charge on any atom is -0.445 e. The van der Waals surface area contributed by atoms with Crippen LogP contribution in [-0.2, 0) is 24.2 Å². The van der Waals surface area contributed by atoms with Crippen molar-refractivity contribution in [3.8, 4) is 0 Å². The van der Waals surface area contributed by atoms with E-state index in [9.17, 15) is 9.18 Å². The highest BCUT2D eigenvalue weighted by atomic mass is 35.5. The molecule has 0 saturated carbocycles. The molecule has 0 spiro atoms. The topological polar surface area (TPSA) is 54.1 Å². The number of carbonyl (C=O) groups is 1. The van der Waals surface area contributed by atoms with Gasteiger partial charge in [0.05, 0.1) is 10.5 Å². The number of rotatable bonds is 3. The summed E-state index contributed by atoms with van der Waals surface area (Å²) in [5, 5.41) is 4.07. The molecule has 4 nitrogen and oxygen atoms in total. The van der Waals surface area contributed by atoms with Crippen LogP contribution in [0.2, 0.25) is 5.02 Å². The fourth-order valence-corrected chi connectivity index (χ4v) is 3.75. The number of fused-ring (bicyclic) bond motifs is 3. The van der Waals surface area contributed by atoms with Gasteiger partial charge in [0.25, 0.3) is 0 Å². The molecule has 1 atom stereocenters. The van der Waals surface area contributed by atoms with E-state index >= 15 is 0 Å². The molecule has 134 valence electrons. The Bertz CT molecular complexity index is 955. The van der Waals surface area contributed by atoms with Crippen molar-refractivity contribution in [3.63, 3.8) is 0 Å². The lowest BCUT2D eigenvalue weighted by Crippen LogP contribution is -2.39. The highest BCUT2D eigenvalue weighted by molar-refractivity contribution is 6.35. The number of benzene rings is 2. The first-order valence-electron chi connectivity index (χ1n) is 8.56. The Balaban J connectivity index is 1.44. The van der Waals surface area contributed by atoms with E-state index < -0.39 is 6.09 Å². The maximum absolute atomic E-state index is 13.7. The number of amides is 1. The minimum absolute atomic E-state index is 0.0492. The Kier molecular flexibility index (Phi) is 4.55. The van der Waals surface area contributed by atoms with Gasteiger partial charge in [-0.2, -0.15) is 0 Å². The first-order chi connectivity index (χ1) is 12.6. The number of alkyl carbamates (subject to hydrolysis) is 1. The first-order valence-corrected chi connectivity index (χ1v) is 8.93. The fourth-order valence-electron chi connectivity index (χ4n) is 3.50. The van der Waals surface area contributed by atoms with Gasteiger partial charge in [0.15, 0.2) is 0 Å². The van der Waals surface area contributed by atoms with Crippen molar-refractivity contribution < 1.29 is 13.9 Å². The summed E-state index contributed by atoms with van der Waals surface area (Å²) in [4.78, 5) is 15.4. The fraction of sp³-hybridized carbons (Fsp3) is 0.250. The van der Waals surface area contributed by atoms with Gasteiger partial charge in [0.1, 0.15) is 12.4 Å². The molecule has 0 bridgehead atoms. The largest absolute Gasteiger partial charge is 0.445 e. The Morgan fingerprint density at radius 3 is 2.92 bits per heavy atom. The lowest BCUT2D eigenvalue weighted by Gasteiger charge is -2.23. The van der Waals surface area contributed by atoms with Crippen LogP contribution in [0.25, 0.3) is 10.9 Å². The quantitative estimate of drug-likeness (QED) is 0.697. The lowest BCUT2D eigenvalue weighted by atomic mass is 9.91. The summed E-state index contributed by atoms with van der Waals surface area (Å²) in [6.07, 6.45) is 1.74. The molecule has 26 heavy (non-hydrogen) atoms. The lowest BCUT2D eigenvalue weighted by molar-refractivity contribution is 0.134. The average molecular weight is 373 g/mol. The third-order valence-electron chi connectivity index (χ3n) is 4.75. The summed E-state index contributed by atoms with van der Waals surface area (Å²) in [6, 6.07) is 12.3. The standard InChI is InChI=1S/C20H18ClFN2O2/c21-17-9-13(22)8-16-15-10-14(6-7-18(15)24-19(16)17)23-20(25)26-11-12-4-2-1-3-5-12/h1-5,8-9,14,24H,6-7,10-11H2,(H,23,25). The molecule has 4 rings (SSSR count). The number of carbonyl (C=O) groups excluding carboxylic acids is 1. The van der Waals surface area contributed by atoms with Gasteiger partial charge in [-0.15, -0.1) is 0 Å². The van der Waals surface area contributed by atoms with Crippen molar-refractivity contribution in [2.24, 2.45) is 0 Å². The molecule has 1 aliphatic carbocycles. The summed E-state index contributed by atoms with van der Waals surface area (Å²) in [5.74, 6) is -0.360. The van der Waals surface area contributed by atoms with Crippen molar-refractivity contribution >= 4 is 28.6 Å². The van der Waals surface area contributed by atoms with E-state index in [-0.39, 0.29) is 18.5 Å². The second-order valence-corrected chi connectivity index (χ2v) is 6.95. The number of aromatic amines is 1. The molecule has 6 heteroatoms. The van der Waals surface area contributed by atoms with Gasteiger partial charge in [0.2, 0.25) is 0 Å². The molecular weight excluding hydrogens is 355 g/mol. The SMILES string of the molecule is O=C(NC1CCc2[nH]c3c(Cl)cc(F)cc3c2C1)OCc1ccccc1. The zero-order chi connectivity index (χ0) is 18.1. The monoisotopic (exact) mass is 372 g/mol. The number of H-pyrrole nitrogens is 1. The molecule has 1 unspecified atom stereocenters. The average Bonchev–Trinajstić information content (AvgIpc) is 2.99. The van der Waals surface area contributed by atoms with E-state index in [0.29, 0.717) is 11.4 Å². The van der Waals surface area contributed by atoms with Crippen LogP contribution < -0.4 is 5.32 Å². The van der Waals surface area contributed by atoms with Gasteiger partial charge < -0.3 is 15.0 Å². The third-order valence-corrected chi connectivity index (χ3v) is 5.05. The Labute approximate surface area is 155 Å². The van der Waals surface area contributed by atoms with Gasteiger partial charge in [-0.3, -0.25) is 0 Å². The molecule has 1 heterocycles. The molecular formula is C20H18ClFN2O2. The molecule has 3 aromatic rings. The van der Waals surface area contributed by atoms with Crippen LogP contribution in [0.15, 0.2) is 42.5 Å². The summed E-state index contributed by atoms with van der Waals surface area (Å²) >= 11 is 6.14. The first kappa shape index (κ1) is 16.9. The molecule has 1 aliphatic rings. The number of aromatic nitrogens is 1. The van der Waals surface area contributed by atoms with E-state index in [1.54, 1.807) is 0 Å². The molecule has 2 N–H and O–H groups in total. The van der Waals surface area contributed by atoms with Gasteiger partial charge in [-0.05, 0) is 42.5 Å². The van der Waals surface area contributed by atoms with E-state index in [1.807, 2.05) is 30.3 Å². The number of nitrogens with one attached hydrogen (secondary N) is 2. The molecule has 0 aliphatic heterocycles. The predicted octanol–water partition coefficient (Wildman–Crippen LogP) is 4.74. The van der Waals surface area contributed by atoms with Gasteiger partial charge in [-0.1, -0.05) is 41.9 Å². The van der Waals surface area contributed by atoms with Gasteiger partial charge in [-0.25, -0.2) is 9.18 Å². The van der Waals surface area contributed by atoms with Crippen molar-refractivity contribution in [3.05, 3.63) is 70.1 Å². The van der Waals surface area contributed by atoms with Gasteiger partial charge in [0, 0.05) is 17.1 Å². The number of hydrogen-bond donors (Lipinski definition) is 2. The van der Waals surface area contributed by atoms with Crippen LogP contribution in [0.1, 0.15) is 23.2 Å². The van der Waals surface area contributed by atoms with Crippen molar-refractivity contribution in [2.75, 3.05) is 0 Å². The van der Waals surface area contributed by atoms with E-state index in [4.69, 9.17) is 16.3 Å². The van der Waals surface area contributed by atoms with Crippen LogP contribution in [-0.4, -0.2) is 17.1 Å². The number of halogens is 2. The normalized spacial score (nSPS) is 16.3. The Morgan fingerprint density at radius 2 is 2.12 bits per heavy atom. The number of aryl methyl sites for hydroxylation is 1. The molecule has 2 aromatic carbocycles. The Hall–Kier alpha value is -2.53. The van der Waals surface area contributed by atoms with Crippen LogP contribution in [0.5, 0.6) is 0 Å². The van der Waals surface area contributed by atoms with Crippen LogP contribution in [0.3, 0.4) is 0 Å². The molecule has 0 radical (unpaired) electrons. The van der Waals surface area contributed by atoms with Crippen LogP contribution in [0.4, 0.5) is 9.18 Å². The van der Waals surface area contributed by atoms with Crippen molar-refractivity contribution in [1.82, 2.24) is 10.3 Å². The highest BCUT2D eigenvalue weighted by Gasteiger charge is 2.25. The van der Waals surface area contributed by atoms with Crippen molar-refractivity contribution in [1.29, 1.82) is 0 Å². The van der Waals surface area contributed by atoms with Crippen molar-refractivity contribution in [2.45, 2.75) is 31.9 Å². The smallest absolute Gasteiger partial charge is 0.407 e. The Morgan fingerprint density at radius 1 is 1.31 bits per heavy atom. The molecule has 0 fully saturated rings. The van der Waals surface area contributed by atoms with E-state index in [2.05, 4.69) is 10.3 Å². The summed E-state index contributed by atoms with van der Waals surface area (Å²) in [6.45, 7) is 0.235. The molecule has 1 aromatic heterocycles. The van der Waals surface area contributed by atoms with E-state index in [1.165, 1.54) is 12.1 Å². The second-order valence-electron chi connectivity index (χ2n) is 6.54. The maximum atomic E-state index is 13.7. The summed E-state index contributed by atoms with van der Waals surface area (Å²) in [7, 11) is 0. The second kappa shape index (κ2) is 7.00. The van der Waals surface area contributed by atoms with Crippen LogP contribution >= 0.6 is 11.6 Å². The summed E-state index contributed by atoms with van der Waals surface area (Å²) in [5.41, 5.74) is 3.77. The summed E-state index contributed by atoms with van der Waals surface area (Å²) < 4.78 is 19.0. The highest BCUT2D eigenvalue weighted by Crippen LogP contribution is 2.33. The zero-order valence-electron chi connectivity index (χ0n) is 14.0. The number of hydrogen-bond acceptors (Lipinski definition) is 2. The van der Waals surface area contributed by atoms with Crippen LogP contribution in [0, 0.1) is 5.82 Å². The minimum atomic E-state index is -0.439. The van der Waals surface area contributed by atoms with E-state index in [0.717, 1.165) is 40.6 Å².